The zero-order chi connectivity index (χ0) is 18.0. The van der Waals surface area contributed by atoms with Crippen LogP contribution in [0.4, 0.5) is 0 Å². The first kappa shape index (κ1) is 16.5. The van der Waals surface area contributed by atoms with E-state index in [0.29, 0.717) is 5.52 Å². The van der Waals surface area contributed by atoms with Gasteiger partial charge in [0.1, 0.15) is 5.52 Å². The number of aryl methyl sites for hydroxylation is 1. The molecule has 0 saturated heterocycles. The van der Waals surface area contributed by atoms with Gasteiger partial charge in [0.25, 0.3) is 5.56 Å². The van der Waals surface area contributed by atoms with E-state index in [1.165, 1.54) is 0 Å². The van der Waals surface area contributed by atoms with Crippen LogP contribution >= 0.6 is 0 Å². The molecule has 0 aliphatic rings. The minimum absolute atomic E-state index is 0.0944. The van der Waals surface area contributed by atoms with Crippen molar-refractivity contribution in [3.63, 3.8) is 0 Å². The molecule has 0 fully saturated rings. The quantitative estimate of drug-likeness (QED) is 0.523. The van der Waals surface area contributed by atoms with Gasteiger partial charge in [0, 0.05) is 47.7 Å². The van der Waals surface area contributed by atoms with Crippen molar-refractivity contribution in [2.75, 3.05) is 0 Å². The van der Waals surface area contributed by atoms with Crippen molar-refractivity contribution in [3.05, 3.63) is 53.1 Å². The number of H-pyrrole nitrogens is 2. The van der Waals surface area contributed by atoms with Gasteiger partial charge in [0.15, 0.2) is 0 Å². The van der Waals surface area contributed by atoms with Crippen molar-refractivity contribution >= 4 is 27.8 Å². The van der Waals surface area contributed by atoms with Gasteiger partial charge in [-0.2, -0.15) is 5.10 Å². The third kappa shape index (κ3) is 3.30. The molecule has 7 nitrogen and oxygen atoms in total. The van der Waals surface area contributed by atoms with Crippen molar-refractivity contribution in [1.82, 2.24) is 19.7 Å². The summed E-state index contributed by atoms with van der Waals surface area (Å²) in [5.74, 6) is -0.745. The van der Waals surface area contributed by atoms with Crippen molar-refractivity contribution in [3.8, 4) is 11.3 Å². The second-order valence-corrected chi connectivity index (χ2v) is 5.60. The Hall–Kier alpha value is -3.35. The summed E-state index contributed by atoms with van der Waals surface area (Å²) in [4.78, 5) is 27.1. The number of pyridine rings is 1. The highest BCUT2D eigenvalue weighted by Gasteiger charge is 2.08. The number of aromatic nitrogens is 4. The molecule has 3 heterocycles. The molecule has 3 aromatic heterocycles. The van der Waals surface area contributed by atoms with E-state index < -0.39 is 5.97 Å². The van der Waals surface area contributed by atoms with Crippen LogP contribution in [0.2, 0.25) is 0 Å². The molecule has 0 radical (unpaired) electrons. The number of hydrogen-bond acceptors (Lipinski definition) is 3. The highest BCUT2D eigenvalue weighted by Crippen LogP contribution is 2.26. The molecule has 4 rings (SSSR count). The summed E-state index contributed by atoms with van der Waals surface area (Å²) in [6.07, 6.45) is 3.92. The molecule has 128 valence electrons. The lowest BCUT2D eigenvalue weighted by Crippen LogP contribution is -2.05. The predicted molar refractivity (Wildman–Crippen MR) is 96.6 cm³/mol. The maximum absolute atomic E-state index is 11.9. The first-order chi connectivity index (χ1) is 12.0. The zero-order valence-electron chi connectivity index (χ0n) is 13.9. The fourth-order valence-corrected chi connectivity index (χ4v) is 2.57. The molecule has 3 N–H and O–H groups in total. The molecule has 0 atom stereocenters. The van der Waals surface area contributed by atoms with Gasteiger partial charge in [-0.3, -0.25) is 14.3 Å². The van der Waals surface area contributed by atoms with Crippen molar-refractivity contribution < 1.29 is 9.90 Å². The van der Waals surface area contributed by atoms with E-state index >= 15 is 0 Å². The molecule has 0 aliphatic carbocycles. The van der Waals surface area contributed by atoms with Gasteiger partial charge >= 0.3 is 5.97 Å². The lowest BCUT2D eigenvalue weighted by Gasteiger charge is -2.03. The van der Waals surface area contributed by atoms with Gasteiger partial charge < -0.3 is 15.1 Å². The lowest BCUT2D eigenvalue weighted by atomic mass is 10.1. The number of carboxylic acid groups (broad SMARTS) is 1. The normalized spacial score (nSPS) is 10.6. The fourth-order valence-electron chi connectivity index (χ4n) is 2.57. The van der Waals surface area contributed by atoms with Crippen LogP contribution in [0.3, 0.4) is 0 Å². The zero-order valence-corrected chi connectivity index (χ0v) is 13.9. The topological polar surface area (TPSA) is 104 Å². The van der Waals surface area contributed by atoms with Crippen molar-refractivity contribution in [2.45, 2.75) is 13.3 Å². The Morgan fingerprint density at radius 2 is 2.00 bits per heavy atom. The predicted octanol–water partition coefficient (Wildman–Crippen LogP) is 2.89. The van der Waals surface area contributed by atoms with Crippen LogP contribution in [-0.2, 0) is 11.8 Å². The lowest BCUT2D eigenvalue weighted by molar-refractivity contribution is -0.136. The van der Waals surface area contributed by atoms with Crippen LogP contribution < -0.4 is 5.56 Å². The Morgan fingerprint density at radius 3 is 2.64 bits per heavy atom. The van der Waals surface area contributed by atoms with Gasteiger partial charge in [-0.15, -0.1) is 0 Å². The second kappa shape index (κ2) is 6.64. The van der Waals surface area contributed by atoms with Crippen LogP contribution in [0.15, 0.2) is 47.5 Å². The molecule has 0 unspecified atom stereocenters. The van der Waals surface area contributed by atoms with E-state index in [0.717, 1.165) is 27.5 Å². The average molecular weight is 338 g/mol. The van der Waals surface area contributed by atoms with Gasteiger partial charge in [0.2, 0.25) is 0 Å². The van der Waals surface area contributed by atoms with E-state index in [9.17, 15) is 9.59 Å². The molecular formula is C18H18N4O3. The molecule has 0 aliphatic heterocycles. The number of carbonyl (C=O) groups is 1. The Bertz CT molecular complexity index is 1100. The highest BCUT2D eigenvalue weighted by atomic mass is 16.4. The monoisotopic (exact) mass is 338 g/mol. The summed E-state index contributed by atoms with van der Waals surface area (Å²) < 4.78 is 1.78. The average Bonchev–Trinajstić information content (AvgIpc) is 3.25. The summed E-state index contributed by atoms with van der Waals surface area (Å²) in [7, 11) is 1.90. The molecule has 7 heteroatoms. The molecule has 0 spiro atoms. The molecular weight excluding hydrogens is 320 g/mol. The summed E-state index contributed by atoms with van der Waals surface area (Å²) >= 11 is 0. The van der Waals surface area contributed by atoms with E-state index in [1.54, 1.807) is 17.8 Å². The molecule has 0 bridgehead atoms. The fraction of sp³-hybridized carbons (Fsp3) is 0.167. The van der Waals surface area contributed by atoms with Crippen molar-refractivity contribution in [1.29, 1.82) is 0 Å². The Kier molecular flexibility index (Phi) is 4.38. The first-order valence-corrected chi connectivity index (χ1v) is 7.84. The van der Waals surface area contributed by atoms with Gasteiger partial charge in [-0.1, -0.05) is 13.0 Å². The number of aromatic amines is 2. The van der Waals surface area contributed by atoms with Crippen LogP contribution in [0.1, 0.15) is 13.3 Å². The molecule has 4 aromatic rings. The SMILES string of the molecule is CCC(=O)O.Cn1ccc(-c2ccc3[nH]c(=O)c4[nH]ccc4c3c2)n1. The standard InChI is InChI=1S/C15H12N4O.C3H6O2/c1-19-7-5-12(18-19)9-2-3-13-11(8-9)10-4-6-16-14(10)15(20)17-13;1-2-3(4)5/h2-8,16H,1H3,(H,17,20);2H2,1H3,(H,4,5). The van der Waals surface area contributed by atoms with Gasteiger partial charge in [0.05, 0.1) is 5.69 Å². The Labute approximate surface area is 142 Å². The summed E-state index contributed by atoms with van der Waals surface area (Å²) in [6, 6.07) is 9.85. The summed E-state index contributed by atoms with van der Waals surface area (Å²) in [6.45, 7) is 1.60. The van der Waals surface area contributed by atoms with Crippen LogP contribution in [0, 0.1) is 0 Å². The number of nitrogens with zero attached hydrogens (tertiary/aromatic N) is 2. The van der Waals surface area contributed by atoms with Crippen LogP contribution in [-0.4, -0.2) is 30.8 Å². The minimum atomic E-state index is -0.745. The number of hydrogen-bond donors (Lipinski definition) is 3. The largest absolute Gasteiger partial charge is 0.481 e. The van der Waals surface area contributed by atoms with E-state index in [2.05, 4.69) is 21.1 Å². The highest BCUT2D eigenvalue weighted by molar-refractivity contribution is 6.05. The molecule has 0 amide bonds. The minimum Gasteiger partial charge on any atom is -0.481 e. The smallest absolute Gasteiger partial charge is 0.303 e. The maximum atomic E-state index is 11.9. The first-order valence-electron chi connectivity index (χ1n) is 7.84. The molecule has 0 saturated carbocycles. The second-order valence-electron chi connectivity index (χ2n) is 5.60. The molecule has 25 heavy (non-hydrogen) atoms. The van der Waals surface area contributed by atoms with E-state index in [1.807, 2.05) is 37.5 Å². The maximum Gasteiger partial charge on any atom is 0.303 e. The van der Waals surface area contributed by atoms with Gasteiger partial charge in [-0.05, 0) is 24.3 Å². The van der Waals surface area contributed by atoms with Crippen LogP contribution in [0.25, 0.3) is 33.1 Å². The van der Waals surface area contributed by atoms with Crippen molar-refractivity contribution in [2.24, 2.45) is 7.05 Å². The number of nitrogens with one attached hydrogen (secondary N) is 2. The van der Waals surface area contributed by atoms with E-state index in [-0.39, 0.29) is 12.0 Å². The third-order valence-corrected chi connectivity index (χ3v) is 3.84. The summed E-state index contributed by atoms with van der Waals surface area (Å²) in [5.41, 5.74) is 3.30. The number of aliphatic carboxylic acids is 1. The molecule has 1 aromatic carbocycles. The Balaban J connectivity index is 0.000000324. The van der Waals surface area contributed by atoms with Crippen LogP contribution in [0.5, 0.6) is 0 Å². The number of benzene rings is 1. The third-order valence-electron chi connectivity index (χ3n) is 3.84. The number of fused-ring (bicyclic) bond motifs is 3. The number of carboxylic acids is 1. The van der Waals surface area contributed by atoms with Gasteiger partial charge in [-0.25, -0.2) is 0 Å². The Morgan fingerprint density at radius 1 is 1.24 bits per heavy atom. The number of rotatable bonds is 2. The summed E-state index contributed by atoms with van der Waals surface area (Å²) in [5, 5.41) is 14.1. The van der Waals surface area contributed by atoms with E-state index in [4.69, 9.17) is 5.11 Å².